The summed E-state index contributed by atoms with van der Waals surface area (Å²) in [5.74, 6) is 0.976. The van der Waals surface area contributed by atoms with Crippen LogP contribution in [-0.4, -0.2) is 6.54 Å². The van der Waals surface area contributed by atoms with Crippen LogP contribution < -0.4 is 29.7 Å². The van der Waals surface area contributed by atoms with Crippen LogP contribution >= 0.6 is 0 Å². The molecule has 0 aliphatic heterocycles. The number of halogens is 1. The van der Waals surface area contributed by atoms with E-state index in [0.29, 0.717) is 0 Å². The van der Waals surface area contributed by atoms with E-state index in [4.69, 9.17) is 0 Å². The molecule has 0 aromatic heterocycles. The van der Waals surface area contributed by atoms with Crippen LogP contribution in [0.3, 0.4) is 0 Å². The summed E-state index contributed by atoms with van der Waals surface area (Å²) in [6.45, 7) is 1.17. The Morgan fingerprint density at radius 1 is 1.11 bits per heavy atom. The minimum Gasteiger partial charge on any atom is -1.00 e. The van der Waals surface area contributed by atoms with Crippen LogP contribution in [0.5, 0.6) is 0 Å². The largest absolute Gasteiger partial charge is 1.00 e. The summed E-state index contributed by atoms with van der Waals surface area (Å²) in [6, 6.07) is 0. The Morgan fingerprint density at radius 3 is 2.00 bits per heavy atom. The van der Waals surface area contributed by atoms with Crippen molar-refractivity contribution >= 4 is 0 Å². The standard InChI is InChI=1S/C7H15N.HI/c8-6-7-4-2-1-3-5-7;/h7H,1-6,8H2;1H. The van der Waals surface area contributed by atoms with E-state index >= 15 is 0 Å². The lowest BCUT2D eigenvalue weighted by atomic mass is 9.90. The molecule has 56 valence electrons. The molecule has 1 aliphatic rings. The Morgan fingerprint density at radius 2 is 1.67 bits per heavy atom. The Balaban J connectivity index is 0.000000640. The molecule has 0 amide bonds. The highest BCUT2D eigenvalue weighted by Gasteiger charge is 2.11. The van der Waals surface area contributed by atoms with Gasteiger partial charge in [-0.15, -0.1) is 0 Å². The van der Waals surface area contributed by atoms with Crippen molar-refractivity contribution in [2.24, 2.45) is 5.92 Å². The molecule has 0 unspecified atom stereocenters. The number of hydrogen-bond donors (Lipinski definition) is 1. The Bertz CT molecular complexity index is 59.9. The summed E-state index contributed by atoms with van der Waals surface area (Å²) < 4.78 is 0. The lowest BCUT2D eigenvalue weighted by molar-refractivity contribution is -0.380. The first-order valence-corrected chi connectivity index (χ1v) is 3.72. The first kappa shape index (κ1) is 9.69. The van der Waals surface area contributed by atoms with Gasteiger partial charge in [0.05, 0.1) is 6.54 Å². The normalized spacial score (nSPS) is 21.0. The summed E-state index contributed by atoms with van der Waals surface area (Å²) in [4.78, 5) is 0. The molecule has 0 radical (unpaired) electrons. The molecule has 2 heteroatoms. The second kappa shape index (κ2) is 5.47. The van der Waals surface area contributed by atoms with E-state index in [0.717, 1.165) is 5.92 Å². The van der Waals surface area contributed by atoms with Crippen LogP contribution in [0.1, 0.15) is 32.1 Å². The maximum absolute atomic E-state index is 3.91. The van der Waals surface area contributed by atoms with Crippen LogP contribution in [0.15, 0.2) is 0 Å². The monoisotopic (exact) mass is 241 g/mol. The van der Waals surface area contributed by atoms with E-state index in [1.807, 2.05) is 0 Å². The third kappa shape index (κ3) is 3.40. The lowest BCUT2D eigenvalue weighted by Crippen LogP contribution is -3.00. The highest BCUT2D eigenvalue weighted by molar-refractivity contribution is 4.62. The quantitative estimate of drug-likeness (QED) is 0.505. The molecule has 0 spiro atoms. The van der Waals surface area contributed by atoms with Crippen molar-refractivity contribution < 1.29 is 29.7 Å². The summed E-state index contributed by atoms with van der Waals surface area (Å²) >= 11 is 0. The van der Waals surface area contributed by atoms with Crippen molar-refractivity contribution in [1.82, 2.24) is 0 Å². The summed E-state index contributed by atoms with van der Waals surface area (Å²) in [6.07, 6.45) is 7.28. The molecule has 3 N–H and O–H groups in total. The molecular formula is C7H16IN. The highest BCUT2D eigenvalue weighted by Crippen LogP contribution is 2.21. The van der Waals surface area contributed by atoms with Gasteiger partial charge in [-0.1, -0.05) is 19.3 Å². The van der Waals surface area contributed by atoms with Crippen LogP contribution in [0, 0.1) is 5.92 Å². The Kier molecular flexibility index (Phi) is 5.89. The van der Waals surface area contributed by atoms with Crippen LogP contribution in [0.25, 0.3) is 0 Å². The molecule has 1 fully saturated rings. The zero-order valence-electron chi connectivity index (χ0n) is 5.91. The fourth-order valence-corrected chi connectivity index (χ4v) is 1.48. The second-order valence-electron chi connectivity index (χ2n) is 2.79. The molecular weight excluding hydrogens is 225 g/mol. The van der Waals surface area contributed by atoms with E-state index in [-0.39, 0.29) is 24.0 Å². The van der Waals surface area contributed by atoms with E-state index in [9.17, 15) is 0 Å². The Hall–Kier alpha value is 0.690. The zero-order valence-corrected chi connectivity index (χ0v) is 8.06. The molecule has 9 heavy (non-hydrogen) atoms. The first-order chi connectivity index (χ1) is 3.93. The van der Waals surface area contributed by atoms with Gasteiger partial charge in [0.15, 0.2) is 0 Å². The zero-order chi connectivity index (χ0) is 5.82. The molecule has 1 rings (SSSR count). The Labute approximate surface area is 74.4 Å². The third-order valence-corrected chi connectivity index (χ3v) is 2.13. The predicted octanol–water partition coefficient (Wildman–Crippen LogP) is -2.19. The van der Waals surface area contributed by atoms with Gasteiger partial charge >= 0.3 is 0 Å². The maximum atomic E-state index is 3.91. The van der Waals surface area contributed by atoms with Crippen molar-refractivity contribution in [2.75, 3.05) is 6.54 Å². The van der Waals surface area contributed by atoms with Gasteiger partial charge in [-0.3, -0.25) is 0 Å². The summed E-state index contributed by atoms with van der Waals surface area (Å²) in [5, 5.41) is 0. The van der Waals surface area contributed by atoms with Crippen LogP contribution in [0.2, 0.25) is 0 Å². The fraction of sp³-hybridized carbons (Fsp3) is 1.00. The van der Waals surface area contributed by atoms with E-state index in [2.05, 4.69) is 5.73 Å². The number of hydrogen-bond acceptors (Lipinski definition) is 0. The van der Waals surface area contributed by atoms with Gasteiger partial charge in [0, 0.05) is 5.92 Å². The predicted molar refractivity (Wildman–Crippen MR) is 34.3 cm³/mol. The molecule has 0 atom stereocenters. The summed E-state index contributed by atoms with van der Waals surface area (Å²) in [7, 11) is 0. The molecule has 1 saturated carbocycles. The molecule has 0 aromatic rings. The topological polar surface area (TPSA) is 27.6 Å². The average Bonchev–Trinajstić information content (AvgIpc) is 1.90. The summed E-state index contributed by atoms with van der Waals surface area (Å²) in [5.41, 5.74) is 3.91. The van der Waals surface area contributed by atoms with Crippen LogP contribution in [-0.2, 0) is 0 Å². The second-order valence-corrected chi connectivity index (χ2v) is 2.79. The van der Waals surface area contributed by atoms with Gasteiger partial charge in [0.1, 0.15) is 0 Å². The van der Waals surface area contributed by atoms with Gasteiger partial charge in [0.2, 0.25) is 0 Å². The van der Waals surface area contributed by atoms with Gasteiger partial charge in [-0.05, 0) is 12.8 Å². The molecule has 0 aromatic carbocycles. The van der Waals surface area contributed by atoms with Crippen LogP contribution in [0.4, 0.5) is 0 Å². The van der Waals surface area contributed by atoms with E-state index in [1.165, 1.54) is 38.6 Å². The molecule has 0 bridgehead atoms. The third-order valence-electron chi connectivity index (χ3n) is 2.13. The van der Waals surface area contributed by atoms with Gasteiger partial charge in [-0.2, -0.15) is 0 Å². The van der Waals surface area contributed by atoms with Crippen molar-refractivity contribution in [1.29, 1.82) is 0 Å². The van der Waals surface area contributed by atoms with Gasteiger partial charge < -0.3 is 29.7 Å². The first-order valence-electron chi connectivity index (χ1n) is 3.72. The maximum Gasteiger partial charge on any atom is 0.0768 e. The fourth-order valence-electron chi connectivity index (χ4n) is 1.48. The van der Waals surface area contributed by atoms with Crippen molar-refractivity contribution in [3.63, 3.8) is 0 Å². The highest BCUT2D eigenvalue weighted by atomic mass is 127. The van der Waals surface area contributed by atoms with E-state index < -0.39 is 0 Å². The van der Waals surface area contributed by atoms with Crippen molar-refractivity contribution in [3.8, 4) is 0 Å². The van der Waals surface area contributed by atoms with Gasteiger partial charge in [-0.25, -0.2) is 0 Å². The lowest BCUT2D eigenvalue weighted by Gasteiger charge is -2.16. The smallest absolute Gasteiger partial charge is 0.0768 e. The molecule has 0 heterocycles. The minimum absolute atomic E-state index is 0. The van der Waals surface area contributed by atoms with Gasteiger partial charge in [0.25, 0.3) is 0 Å². The molecule has 0 saturated heterocycles. The SMILES string of the molecule is [I-].[NH3+]CC1CCCCC1. The van der Waals surface area contributed by atoms with Crippen molar-refractivity contribution in [2.45, 2.75) is 32.1 Å². The van der Waals surface area contributed by atoms with Crippen molar-refractivity contribution in [3.05, 3.63) is 0 Å². The van der Waals surface area contributed by atoms with E-state index in [1.54, 1.807) is 0 Å². The molecule has 1 nitrogen and oxygen atoms in total. The average molecular weight is 241 g/mol. The minimum atomic E-state index is 0. The number of quaternary nitrogens is 1. The molecule has 1 aliphatic carbocycles. The number of rotatable bonds is 1.